The maximum atomic E-state index is 12.2. The summed E-state index contributed by atoms with van der Waals surface area (Å²) in [5.74, 6) is -1.71. The highest BCUT2D eigenvalue weighted by Crippen LogP contribution is 2.19. The molecule has 0 aromatic heterocycles. The van der Waals surface area contributed by atoms with E-state index < -0.39 is 28.2 Å². The van der Waals surface area contributed by atoms with Gasteiger partial charge < -0.3 is 9.47 Å². The second-order valence-corrected chi connectivity index (χ2v) is 6.25. The molecule has 0 saturated heterocycles. The van der Waals surface area contributed by atoms with Crippen molar-refractivity contribution in [3.63, 3.8) is 0 Å². The van der Waals surface area contributed by atoms with Gasteiger partial charge in [-0.1, -0.05) is 24.3 Å². The van der Waals surface area contributed by atoms with E-state index in [1.165, 1.54) is 12.1 Å². The number of carbonyl (C=O) groups is 2. The Morgan fingerprint density at radius 2 is 1.70 bits per heavy atom. The van der Waals surface area contributed by atoms with E-state index in [1.54, 1.807) is 19.1 Å². The first-order valence-corrected chi connectivity index (χ1v) is 7.96. The molecule has 1 aromatic rings. The monoisotopic (exact) mass is 342 g/mol. The third kappa shape index (κ3) is 5.19. The molecule has 1 atom stereocenters. The molecule has 0 N–H and O–H groups in total. The van der Waals surface area contributed by atoms with Gasteiger partial charge in [-0.15, -0.1) is 0 Å². The highest BCUT2D eigenvalue weighted by atomic mass is 32.2. The standard InChI is InChI=1S/C15H18O7S/c1-10-5-7-12(8-6-10)23(18,19)22-13(15(17)21-4)9-11(2)14(16)20-3/h5-8,13H,2,9H2,1,3-4H3/t13-/m1/s1. The van der Waals surface area contributed by atoms with Crippen LogP contribution in [0.3, 0.4) is 0 Å². The van der Waals surface area contributed by atoms with Crippen LogP contribution in [0, 0.1) is 6.92 Å². The topological polar surface area (TPSA) is 96.0 Å². The lowest BCUT2D eigenvalue weighted by Gasteiger charge is -2.16. The van der Waals surface area contributed by atoms with Gasteiger partial charge in [-0.25, -0.2) is 9.59 Å². The van der Waals surface area contributed by atoms with Gasteiger partial charge in [-0.05, 0) is 19.1 Å². The molecule has 126 valence electrons. The van der Waals surface area contributed by atoms with Crippen molar-refractivity contribution >= 4 is 22.1 Å². The lowest BCUT2D eigenvalue weighted by atomic mass is 10.1. The molecule has 0 saturated carbocycles. The van der Waals surface area contributed by atoms with Gasteiger partial charge in [0.15, 0.2) is 6.10 Å². The zero-order valence-corrected chi connectivity index (χ0v) is 13.9. The van der Waals surface area contributed by atoms with Crippen molar-refractivity contribution in [3.05, 3.63) is 42.0 Å². The van der Waals surface area contributed by atoms with Gasteiger partial charge in [-0.3, -0.25) is 4.18 Å². The fourth-order valence-electron chi connectivity index (χ4n) is 1.65. The van der Waals surface area contributed by atoms with Crippen molar-refractivity contribution in [2.24, 2.45) is 0 Å². The van der Waals surface area contributed by atoms with Crippen LogP contribution in [-0.2, 0) is 33.4 Å². The maximum absolute atomic E-state index is 12.2. The summed E-state index contributed by atoms with van der Waals surface area (Å²) in [7, 11) is -1.98. The van der Waals surface area contributed by atoms with Crippen molar-refractivity contribution in [1.29, 1.82) is 0 Å². The van der Waals surface area contributed by atoms with E-state index in [4.69, 9.17) is 4.18 Å². The quantitative estimate of drug-likeness (QED) is 0.419. The SMILES string of the molecule is C=C(C[C@@H](OS(=O)(=O)c1ccc(C)cc1)C(=O)OC)C(=O)OC. The molecule has 0 radical (unpaired) electrons. The van der Waals surface area contributed by atoms with Crippen molar-refractivity contribution in [1.82, 2.24) is 0 Å². The minimum Gasteiger partial charge on any atom is -0.467 e. The number of rotatable bonds is 7. The summed E-state index contributed by atoms with van der Waals surface area (Å²) in [4.78, 5) is 23.0. The molecule has 7 nitrogen and oxygen atoms in total. The predicted molar refractivity (Wildman–Crippen MR) is 81.0 cm³/mol. The van der Waals surface area contributed by atoms with E-state index in [1.807, 2.05) is 0 Å². The van der Waals surface area contributed by atoms with Crippen LogP contribution in [0.25, 0.3) is 0 Å². The van der Waals surface area contributed by atoms with Crippen LogP contribution in [0.1, 0.15) is 12.0 Å². The summed E-state index contributed by atoms with van der Waals surface area (Å²) in [5, 5.41) is 0. The minimum absolute atomic E-state index is 0.109. The summed E-state index contributed by atoms with van der Waals surface area (Å²) in [6, 6.07) is 5.90. The lowest BCUT2D eigenvalue weighted by molar-refractivity contribution is -0.148. The number of hydrogen-bond acceptors (Lipinski definition) is 7. The van der Waals surface area contributed by atoms with Gasteiger partial charge in [-0.2, -0.15) is 8.42 Å². The van der Waals surface area contributed by atoms with Crippen LogP contribution in [0.15, 0.2) is 41.3 Å². The molecule has 0 fully saturated rings. The summed E-state index contributed by atoms with van der Waals surface area (Å²) < 4.78 is 38.3. The molecule has 23 heavy (non-hydrogen) atoms. The first kappa shape index (κ1) is 18.9. The summed E-state index contributed by atoms with van der Waals surface area (Å²) >= 11 is 0. The Morgan fingerprint density at radius 3 is 2.17 bits per heavy atom. The molecule has 0 amide bonds. The molecular weight excluding hydrogens is 324 g/mol. The van der Waals surface area contributed by atoms with Crippen LogP contribution < -0.4 is 0 Å². The largest absolute Gasteiger partial charge is 0.467 e. The van der Waals surface area contributed by atoms with E-state index in [0.29, 0.717) is 0 Å². The third-order valence-electron chi connectivity index (χ3n) is 2.92. The molecule has 0 spiro atoms. The summed E-state index contributed by atoms with van der Waals surface area (Å²) in [6.45, 7) is 5.24. The van der Waals surface area contributed by atoms with Gasteiger partial charge >= 0.3 is 11.9 Å². The Kier molecular flexibility index (Phi) is 6.47. The number of esters is 2. The molecule has 8 heteroatoms. The Morgan fingerprint density at radius 1 is 1.13 bits per heavy atom. The van der Waals surface area contributed by atoms with Crippen LogP contribution in [0.4, 0.5) is 0 Å². The molecule has 0 aliphatic rings. The Labute approximate surface area is 135 Å². The van der Waals surface area contributed by atoms with Crippen molar-refractivity contribution in [2.75, 3.05) is 14.2 Å². The van der Waals surface area contributed by atoms with E-state index in [0.717, 1.165) is 19.8 Å². The Hall–Kier alpha value is -2.19. The second kappa shape index (κ2) is 7.89. The molecule has 1 aromatic carbocycles. The van der Waals surface area contributed by atoms with Crippen molar-refractivity contribution < 1.29 is 31.7 Å². The van der Waals surface area contributed by atoms with Gasteiger partial charge in [0.25, 0.3) is 10.1 Å². The van der Waals surface area contributed by atoms with E-state index in [-0.39, 0.29) is 16.9 Å². The van der Waals surface area contributed by atoms with Crippen LogP contribution in [0.5, 0.6) is 0 Å². The number of aryl methyl sites for hydroxylation is 1. The number of ether oxygens (including phenoxy) is 2. The van der Waals surface area contributed by atoms with E-state index in [2.05, 4.69) is 16.1 Å². The summed E-state index contributed by atoms with van der Waals surface area (Å²) in [6.07, 6.45) is -1.90. The fraction of sp³-hybridized carbons (Fsp3) is 0.333. The number of methoxy groups -OCH3 is 2. The molecule has 0 aliphatic heterocycles. The minimum atomic E-state index is -4.20. The predicted octanol–water partition coefficient (Wildman–Crippen LogP) is 1.36. The average Bonchev–Trinajstić information content (AvgIpc) is 2.52. The molecule has 0 bridgehead atoms. The first-order chi connectivity index (χ1) is 10.7. The molecule has 1 rings (SSSR count). The normalized spacial score (nSPS) is 12.3. The first-order valence-electron chi connectivity index (χ1n) is 6.55. The van der Waals surface area contributed by atoms with Crippen molar-refractivity contribution in [2.45, 2.75) is 24.3 Å². The number of hydrogen-bond donors (Lipinski definition) is 0. The van der Waals surface area contributed by atoms with E-state index in [9.17, 15) is 18.0 Å². The zero-order chi connectivity index (χ0) is 17.6. The number of benzene rings is 1. The third-order valence-corrected chi connectivity index (χ3v) is 4.26. The second-order valence-electron chi connectivity index (χ2n) is 4.67. The molecule has 0 unspecified atom stereocenters. The molecule has 0 heterocycles. The highest BCUT2D eigenvalue weighted by molar-refractivity contribution is 7.86. The smallest absolute Gasteiger partial charge is 0.336 e. The average molecular weight is 342 g/mol. The van der Waals surface area contributed by atoms with Crippen molar-refractivity contribution in [3.8, 4) is 0 Å². The zero-order valence-electron chi connectivity index (χ0n) is 13.1. The van der Waals surface area contributed by atoms with Gasteiger partial charge in [0.05, 0.1) is 19.1 Å². The lowest BCUT2D eigenvalue weighted by Crippen LogP contribution is -2.30. The van der Waals surface area contributed by atoms with Gasteiger partial charge in [0.1, 0.15) is 0 Å². The van der Waals surface area contributed by atoms with Gasteiger partial charge in [0.2, 0.25) is 0 Å². The Bertz CT molecular complexity index is 689. The van der Waals surface area contributed by atoms with Crippen LogP contribution in [0.2, 0.25) is 0 Å². The summed E-state index contributed by atoms with van der Waals surface area (Å²) in [5.41, 5.74) is 0.759. The fourth-order valence-corrected chi connectivity index (χ4v) is 2.69. The van der Waals surface area contributed by atoms with E-state index >= 15 is 0 Å². The Balaban J connectivity index is 3.00. The number of carbonyl (C=O) groups excluding carboxylic acids is 2. The van der Waals surface area contributed by atoms with Crippen LogP contribution >= 0.6 is 0 Å². The molecule has 0 aliphatic carbocycles. The van der Waals surface area contributed by atoms with Crippen LogP contribution in [-0.4, -0.2) is 40.7 Å². The maximum Gasteiger partial charge on any atom is 0.336 e. The molecular formula is C15H18O7S. The highest BCUT2D eigenvalue weighted by Gasteiger charge is 2.30. The van der Waals surface area contributed by atoms with Gasteiger partial charge in [0, 0.05) is 12.0 Å².